The van der Waals surface area contributed by atoms with Gasteiger partial charge in [-0.3, -0.25) is 9.78 Å². The van der Waals surface area contributed by atoms with E-state index in [1.807, 2.05) is 0 Å². The van der Waals surface area contributed by atoms with Gasteiger partial charge in [0.25, 0.3) is 5.91 Å². The molecule has 2 aromatic heterocycles. The second kappa shape index (κ2) is 11.7. The minimum atomic E-state index is -0.571. The minimum Gasteiger partial charge on any atom is -0.493 e. The van der Waals surface area contributed by atoms with Gasteiger partial charge in [0.2, 0.25) is 5.95 Å². The van der Waals surface area contributed by atoms with E-state index in [2.05, 4.69) is 25.6 Å². The topological polar surface area (TPSA) is 117 Å². The van der Waals surface area contributed by atoms with Crippen LogP contribution >= 0.6 is 0 Å². The highest BCUT2D eigenvalue weighted by Crippen LogP contribution is 2.36. The summed E-state index contributed by atoms with van der Waals surface area (Å²) in [5.74, 6) is -0.0440. The normalized spacial score (nSPS) is 19.1. The van der Waals surface area contributed by atoms with Crippen LogP contribution in [0.4, 0.5) is 16.0 Å². The lowest BCUT2D eigenvalue weighted by atomic mass is 9.90. The number of hydrogen-bond acceptors (Lipinski definition) is 9. The van der Waals surface area contributed by atoms with Gasteiger partial charge in [-0.2, -0.15) is 0 Å². The van der Waals surface area contributed by atoms with E-state index in [0.717, 1.165) is 51.1 Å². The molecule has 6 rings (SSSR count). The molecule has 3 aromatic rings. The summed E-state index contributed by atoms with van der Waals surface area (Å²) in [4.78, 5) is 26.0. The quantitative estimate of drug-likeness (QED) is 0.466. The first-order valence-corrected chi connectivity index (χ1v) is 13.8. The fraction of sp³-hybridized carbons (Fsp3) is 0.448. The average molecular weight is 550 g/mol. The summed E-state index contributed by atoms with van der Waals surface area (Å²) < 4.78 is 38.2. The maximum atomic E-state index is 14.7. The van der Waals surface area contributed by atoms with Crippen LogP contribution in [0.25, 0.3) is 11.3 Å². The fourth-order valence-electron chi connectivity index (χ4n) is 5.30. The first-order chi connectivity index (χ1) is 19.6. The number of pyridine rings is 1. The molecule has 1 saturated carbocycles. The van der Waals surface area contributed by atoms with Crippen LogP contribution in [0.1, 0.15) is 55.3 Å². The molecule has 3 aliphatic rings. The molecule has 40 heavy (non-hydrogen) atoms. The molecular weight excluding hydrogens is 517 g/mol. The molecule has 4 heterocycles. The van der Waals surface area contributed by atoms with Crippen molar-refractivity contribution in [2.45, 2.75) is 56.8 Å². The van der Waals surface area contributed by atoms with Crippen LogP contribution < -0.4 is 20.1 Å². The smallest absolute Gasteiger partial charge is 0.255 e. The third kappa shape index (κ3) is 6.00. The van der Waals surface area contributed by atoms with Crippen molar-refractivity contribution >= 4 is 17.5 Å². The Morgan fingerprint density at radius 1 is 0.975 bits per heavy atom. The maximum absolute atomic E-state index is 14.7. The zero-order valence-electron chi connectivity index (χ0n) is 22.2. The SMILES string of the molecule is O=C(NC1CCC2(CC1)OCCO2)c1ccc2cc1OCCCCCOc1cncc(c1)-c1nc(ncc1F)N2. The number of halogens is 1. The predicted octanol–water partition coefficient (Wildman–Crippen LogP) is 4.78. The van der Waals surface area contributed by atoms with Gasteiger partial charge in [0.15, 0.2) is 11.6 Å². The van der Waals surface area contributed by atoms with Crippen molar-refractivity contribution in [2.75, 3.05) is 31.7 Å². The van der Waals surface area contributed by atoms with E-state index < -0.39 is 11.6 Å². The molecule has 11 heteroatoms. The zero-order valence-corrected chi connectivity index (χ0v) is 22.2. The summed E-state index contributed by atoms with van der Waals surface area (Å²) >= 11 is 0. The van der Waals surface area contributed by atoms with Crippen LogP contribution in [-0.2, 0) is 9.47 Å². The second-order valence-electron chi connectivity index (χ2n) is 10.2. The number of benzene rings is 1. The van der Waals surface area contributed by atoms with Gasteiger partial charge in [0, 0.05) is 42.4 Å². The van der Waals surface area contributed by atoms with Gasteiger partial charge in [-0.15, -0.1) is 0 Å². The number of carbonyl (C=O) groups is 1. The number of carbonyl (C=O) groups excluding carboxylic acids is 1. The van der Waals surface area contributed by atoms with Crippen LogP contribution in [0, 0.1) is 5.82 Å². The summed E-state index contributed by atoms with van der Waals surface area (Å²) in [6.45, 7) is 2.18. The third-order valence-corrected chi connectivity index (χ3v) is 7.42. The van der Waals surface area contributed by atoms with Crippen molar-refractivity contribution in [2.24, 2.45) is 0 Å². The number of anilines is 2. The Morgan fingerprint density at radius 3 is 2.60 bits per heavy atom. The van der Waals surface area contributed by atoms with E-state index >= 15 is 0 Å². The highest BCUT2D eigenvalue weighted by molar-refractivity contribution is 5.97. The molecule has 0 radical (unpaired) electrons. The van der Waals surface area contributed by atoms with Crippen molar-refractivity contribution in [1.82, 2.24) is 20.3 Å². The highest BCUT2D eigenvalue weighted by Gasteiger charge is 2.40. The van der Waals surface area contributed by atoms with Gasteiger partial charge in [0.05, 0.1) is 44.4 Å². The molecule has 1 aliphatic carbocycles. The Labute approximate surface area is 231 Å². The van der Waals surface area contributed by atoms with E-state index in [1.165, 1.54) is 6.20 Å². The Balaban J connectivity index is 1.22. The van der Waals surface area contributed by atoms with E-state index in [0.29, 0.717) is 54.7 Å². The van der Waals surface area contributed by atoms with Crippen LogP contribution in [0.3, 0.4) is 0 Å². The lowest BCUT2D eigenvalue weighted by Gasteiger charge is -2.35. The first-order valence-electron chi connectivity index (χ1n) is 13.8. The number of fused-ring (bicyclic) bond motifs is 7. The summed E-state index contributed by atoms with van der Waals surface area (Å²) in [7, 11) is 0. The molecule has 1 spiro atoms. The number of ether oxygens (including phenoxy) is 4. The summed E-state index contributed by atoms with van der Waals surface area (Å²) in [6, 6.07) is 6.98. The van der Waals surface area contributed by atoms with Crippen LogP contribution in [0.15, 0.2) is 42.9 Å². The molecule has 2 N–H and O–H groups in total. The van der Waals surface area contributed by atoms with Gasteiger partial charge in [-0.05, 0) is 50.3 Å². The number of nitrogens with zero attached hydrogens (tertiary/aromatic N) is 3. The van der Waals surface area contributed by atoms with Crippen LogP contribution in [0.2, 0.25) is 0 Å². The monoisotopic (exact) mass is 549 g/mol. The predicted molar refractivity (Wildman–Crippen MR) is 144 cm³/mol. The van der Waals surface area contributed by atoms with E-state index in [-0.39, 0.29) is 23.6 Å². The van der Waals surface area contributed by atoms with Crippen molar-refractivity contribution in [1.29, 1.82) is 0 Å². The molecule has 0 atom stereocenters. The summed E-state index contributed by atoms with van der Waals surface area (Å²) in [5, 5.41) is 6.27. The summed E-state index contributed by atoms with van der Waals surface area (Å²) in [6.07, 6.45) is 9.81. The Hall–Kier alpha value is -3.83. The molecule has 1 amide bonds. The lowest BCUT2D eigenvalue weighted by molar-refractivity contribution is -0.179. The number of hydrogen-bond donors (Lipinski definition) is 2. The maximum Gasteiger partial charge on any atom is 0.255 e. The molecular formula is C29H32FN5O5. The van der Waals surface area contributed by atoms with Crippen LogP contribution in [-0.4, -0.2) is 59.1 Å². The van der Waals surface area contributed by atoms with Crippen molar-refractivity contribution in [3.05, 3.63) is 54.2 Å². The number of aromatic nitrogens is 3. The molecule has 2 aliphatic heterocycles. The molecule has 10 nitrogen and oxygen atoms in total. The molecule has 2 fully saturated rings. The van der Waals surface area contributed by atoms with Gasteiger partial charge in [-0.1, -0.05) is 0 Å². The Bertz CT molecular complexity index is 1360. The van der Waals surface area contributed by atoms with Gasteiger partial charge < -0.3 is 29.6 Å². The standard InChI is InChI=1S/C29H32FN5O5/c30-24-18-32-28-34-21-4-5-23(27(36)33-20-6-8-29(9-7-20)39-12-13-40-29)25(15-21)38-11-3-1-2-10-37-22-14-19(16-31-17-22)26(24)35-28/h4-5,14-18,20H,1-3,6-13H2,(H,33,36)(H,32,34,35). The lowest BCUT2D eigenvalue weighted by Crippen LogP contribution is -2.44. The summed E-state index contributed by atoms with van der Waals surface area (Å²) in [5.41, 5.74) is 1.65. The molecule has 6 bridgehead atoms. The molecule has 1 saturated heterocycles. The van der Waals surface area contributed by atoms with E-state index in [1.54, 1.807) is 30.5 Å². The number of amides is 1. The average Bonchev–Trinajstić information content (AvgIpc) is 3.42. The second-order valence-corrected chi connectivity index (χ2v) is 10.2. The minimum absolute atomic E-state index is 0.0319. The van der Waals surface area contributed by atoms with E-state index in [9.17, 15) is 9.18 Å². The molecule has 0 unspecified atom stereocenters. The van der Waals surface area contributed by atoms with E-state index in [4.69, 9.17) is 18.9 Å². The highest BCUT2D eigenvalue weighted by atomic mass is 19.1. The fourth-order valence-corrected chi connectivity index (χ4v) is 5.30. The first kappa shape index (κ1) is 26.4. The number of nitrogens with one attached hydrogen (secondary N) is 2. The van der Waals surface area contributed by atoms with Crippen molar-refractivity contribution in [3.8, 4) is 22.8 Å². The number of rotatable bonds is 2. The molecule has 210 valence electrons. The molecule has 1 aromatic carbocycles. The Morgan fingerprint density at radius 2 is 1.77 bits per heavy atom. The van der Waals surface area contributed by atoms with Crippen molar-refractivity contribution in [3.63, 3.8) is 0 Å². The van der Waals surface area contributed by atoms with Gasteiger partial charge in [0.1, 0.15) is 17.2 Å². The largest absolute Gasteiger partial charge is 0.493 e. The van der Waals surface area contributed by atoms with Gasteiger partial charge >= 0.3 is 0 Å². The third-order valence-electron chi connectivity index (χ3n) is 7.42. The zero-order chi connectivity index (χ0) is 27.4. The van der Waals surface area contributed by atoms with Crippen LogP contribution in [0.5, 0.6) is 11.5 Å². The van der Waals surface area contributed by atoms with Gasteiger partial charge in [-0.25, -0.2) is 14.4 Å². The Kier molecular flexibility index (Phi) is 7.74. The van der Waals surface area contributed by atoms with Crippen molar-refractivity contribution < 1.29 is 28.1 Å².